The van der Waals surface area contributed by atoms with Crippen LogP contribution in [0.3, 0.4) is 0 Å². The van der Waals surface area contributed by atoms with Gasteiger partial charge in [-0.3, -0.25) is 14.4 Å². The molecule has 2 spiro atoms. The zero-order valence-electron chi connectivity index (χ0n) is 28.9. The molecular formula is C39H49NO8. The Morgan fingerprint density at radius 3 is 2.56 bits per heavy atom. The van der Waals surface area contributed by atoms with Gasteiger partial charge in [-0.2, -0.15) is 0 Å². The second-order valence-corrected chi connectivity index (χ2v) is 15.8. The summed E-state index contributed by atoms with van der Waals surface area (Å²) in [5, 5.41) is 1.50. The van der Waals surface area contributed by atoms with Crippen LogP contribution < -0.4 is 0 Å². The van der Waals surface area contributed by atoms with Crippen molar-refractivity contribution in [2.75, 3.05) is 20.2 Å². The van der Waals surface area contributed by atoms with Crippen molar-refractivity contribution in [1.82, 2.24) is 5.06 Å². The molecule has 4 saturated carbocycles. The third-order valence-electron chi connectivity index (χ3n) is 13.3. The van der Waals surface area contributed by atoms with E-state index in [-0.39, 0.29) is 45.9 Å². The quantitative estimate of drug-likeness (QED) is 0.225. The molecular weight excluding hydrogens is 610 g/mol. The normalized spacial score (nSPS) is 38.2. The number of hydroxylamine groups is 2. The summed E-state index contributed by atoms with van der Waals surface area (Å²) in [4.78, 5) is 55.9. The molecule has 0 amide bonds. The Morgan fingerprint density at radius 1 is 1.06 bits per heavy atom. The molecule has 0 radical (unpaired) electrons. The number of hydrogen-bond donors (Lipinski definition) is 0. The van der Waals surface area contributed by atoms with Crippen molar-refractivity contribution in [3.8, 4) is 0 Å². The van der Waals surface area contributed by atoms with Gasteiger partial charge in [-0.05, 0) is 103 Å². The monoisotopic (exact) mass is 659 g/mol. The second kappa shape index (κ2) is 12.1. The first-order valence-corrected chi connectivity index (χ1v) is 17.8. The SMILES string of the molecule is CC(=O)O[C@H]1CC2[C@@H]3CCC4CC(=O)C=C[C@@]45C[C@@]35CC[C@]2(C)[C@H]1C[C@@H](OC(C)=O)C1=C(CN(C)OC(=O)c2ccccc2)[C@@H](C)CO1. The molecule has 258 valence electrons. The van der Waals surface area contributed by atoms with Crippen LogP contribution in [0, 0.1) is 45.8 Å². The molecule has 4 fully saturated rings. The first-order chi connectivity index (χ1) is 22.9. The van der Waals surface area contributed by atoms with Crippen LogP contribution in [0.4, 0.5) is 0 Å². The molecule has 1 aromatic rings. The van der Waals surface area contributed by atoms with Crippen molar-refractivity contribution in [2.45, 2.75) is 91.3 Å². The topological polar surface area (TPSA) is 108 Å². The van der Waals surface area contributed by atoms with Crippen molar-refractivity contribution < 1.29 is 38.2 Å². The third kappa shape index (κ3) is 5.40. The van der Waals surface area contributed by atoms with Gasteiger partial charge in [0.15, 0.2) is 11.9 Å². The van der Waals surface area contributed by atoms with Gasteiger partial charge in [0, 0.05) is 39.2 Å². The van der Waals surface area contributed by atoms with Crippen molar-refractivity contribution in [3.05, 3.63) is 59.4 Å². The molecule has 0 saturated heterocycles. The van der Waals surface area contributed by atoms with E-state index in [4.69, 9.17) is 19.0 Å². The van der Waals surface area contributed by atoms with Gasteiger partial charge in [-0.15, -0.1) is 5.06 Å². The van der Waals surface area contributed by atoms with Crippen LogP contribution in [-0.2, 0) is 33.4 Å². The molecule has 0 N–H and O–H groups in total. The molecule has 10 atom stereocenters. The van der Waals surface area contributed by atoms with Crippen LogP contribution in [0.2, 0.25) is 0 Å². The van der Waals surface area contributed by atoms with Crippen LogP contribution in [0.5, 0.6) is 0 Å². The van der Waals surface area contributed by atoms with Crippen LogP contribution in [-0.4, -0.2) is 61.2 Å². The first-order valence-electron chi connectivity index (χ1n) is 17.8. The number of allylic oxidation sites excluding steroid dienone is 2. The number of ether oxygens (including phenoxy) is 3. The minimum Gasteiger partial charge on any atom is -0.493 e. The van der Waals surface area contributed by atoms with Crippen molar-refractivity contribution in [3.63, 3.8) is 0 Å². The Kier molecular flexibility index (Phi) is 8.37. The van der Waals surface area contributed by atoms with Gasteiger partial charge < -0.3 is 19.0 Å². The zero-order chi connectivity index (χ0) is 34.0. The minimum atomic E-state index is -0.662. The predicted octanol–water partition coefficient (Wildman–Crippen LogP) is 6.23. The lowest BCUT2D eigenvalue weighted by molar-refractivity contribution is -0.154. The van der Waals surface area contributed by atoms with Gasteiger partial charge in [0.1, 0.15) is 11.9 Å². The second-order valence-electron chi connectivity index (χ2n) is 15.8. The summed E-state index contributed by atoms with van der Waals surface area (Å²) < 4.78 is 18.5. The van der Waals surface area contributed by atoms with Crippen LogP contribution in [0.25, 0.3) is 0 Å². The highest BCUT2D eigenvalue weighted by Crippen LogP contribution is 2.84. The van der Waals surface area contributed by atoms with Gasteiger partial charge >= 0.3 is 17.9 Å². The lowest BCUT2D eigenvalue weighted by Crippen LogP contribution is -2.48. The zero-order valence-corrected chi connectivity index (χ0v) is 28.9. The maximum Gasteiger partial charge on any atom is 0.357 e. The molecule has 9 heteroatoms. The first kappa shape index (κ1) is 33.1. The number of fused-ring (bicyclic) bond motifs is 2. The highest BCUT2D eigenvalue weighted by molar-refractivity contribution is 5.91. The van der Waals surface area contributed by atoms with Crippen molar-refractivity contribution in [1.29, 1.82) is 0 Å². The fourth-order valence-corrected chi connectivity index (χ4v) is 11.2. The highest BCUT2D eigenvalue weighted by atomic mass is 16.7. The number of benzene rings is 1. The Morgan fingerprint density at radius 2 is 1.83 bits per heavy atom. The van der Waals surface area contributed by atoms with E-state index in [9.17, 15) is 19.2 Å². The summed E-state index contributed by atoms with van der Waals surface area (Å²) in [6.45, 7) is 8.06. The van der Waals surface area contributed by atoms with Crippen LogP contribution >= 0.6 is 0 Å². The van der Waals surface area contributed by atoms with Gasteiger partial charge in [0.2, 0.25) is 0 Å². The number of carbonyl (C=O) groups is 4. The van der Waals surface area contributed by atoms with Crippen molar-refractivity contribution >= 4 is 23.7 Å². The molecule has 6 aliphatic rings. The molecule has 9 nitrogen and oxygen atoms in total. The van der Waals surface area contributed by atoms with E-state index in [1.165, 1.54) is 18.9 Å². The Hall–Kier alpha value is -3.46. The van der Waals surface area contributed by atoms with E-state index in [1.54, 1.807) is 31.3 Å². The predicted molar refractivity (Wildman–Crippen MR) is 176 cm³/mol. The highest BCUT2D eigenvalue weighted by Gasteiger charge is 2.78. The summed E-state index contributed by atoms with van der Waals surface area (Å²) in [6.07, 6.45) is 10.5. The fourth-order valence-electron chi connectivity index (χ4n) is 11.2. The lowest BCUT2D eigenvalue weighted by atomic mass is 9.50. The average molecular weight is 660 g/mol. The van der Waals surface area contributed by atoms with Crippen molar-refractivity contribution in [2.24, 2.45) is 45.8 Å². The van der Waals surface area contributed by atoms with E-state index in [0.717, 1.165) is 44.1 Å². The molecule has 5 aliphatic carbocycles. The summed E-state index contributed by atoms with van der Waals surface area (Å²) >= 11 is 0. The number of esters is 2. The summed E-state index contributed by atoms with van der Waals surface area (Å²) in [5.74, 6) is 1.04. The number of rotatable bonds is 9. The third-order valence-corrected chi connectivity index (χ3v) is 13.3. The Bertz CT molecular complexity index is 1550. The molecule has 1 heterocycles. The van der Waals surface area contributed by atoms with Gasteiger partial charge in [-0.25, -0.2) is 4.79 Å². The van der Waals surface area contributed by atoms with Crippen LogP contribution in [0.1, 0.15) is 89.4 Å². The lowest BCUT2D eigenvalue weighted by Gasteiger charge is -2.54. The van der Waals surface area contributed by atoms with E-state index >= 15 is 0 Å². The van der Waals surface area contributed by atoms with E-state index in [2.05, 4.69) is 19.9 Å². The Balaban J connectivity index is 1.16. The molecule has 0 aromatic heterocycles. The molecule has 7 rings (SSSR count). The number of carbonyl (C=O) groups excluding carboxylic acids is 4. The summed E-state index contributed by atoms with van der Waals surface area (Å²) in [5.41, 5.74) is 1.63. The largest absolute Gasteiger partial charge is 0.493 e. The summed E-state index contributed by atoms with van der Waals surface area (Å²) in [6, 6.07) is 8.85. The number of hydrogen-bond acceptors (Lipinski definition) is 9. The number of ketones is 1. The molecule has 1 aromatic carbocycles. The van der Waals surface area contributed by atoms with E-state index in [1.807, 2.05) is 12.1 Å². The molecule has 48 heavy (non-hydrogen) atoms. The molecule has 1 aliphatic heterocycles. The Labute approximate surface area is 283 Å². The fraction of sp³-hybridized carbons (Fsp3) is 0.641. The maximum atomic E-state index is 12.8. The number of nitrogens with zero attached hydrogens (tertiary/aromatic N) is 1. The minimum absolute atomic E-state index is 0.0262. The van der Waals surface area contributed by atoms with Gasteiger partial charge in [0.05, 0.1) is 18.7 Å². The van der Waals surface area contributed by atoms with Gasteiger partial charge in [-0.1, -0.05) is 38.1 Å². The standard InChI is InChI=1S/C39H49NO8/c1-23-21-45-35(29(23)20-40(5)48-36(44)26-9-7-6-8-10-26)34(47-25(3)42)19-32-33(46-24(2)41)18-31-30-12-11-27-17-28(43)13-14-38(27)22-39(30,38)16-15-37(31,32)4/h6-10,13-14,23,27,30-34H,11-12,15-22H2,1-5H3/t23-,27?,30-,31?,32-,33-,34+,37-,38+,39-/m0/s1. The van der Waals surface area contributed by atoms with Crippen LogP contribution in [0.15, 0.2) is 53.8 Å². The molecule has 0 bridgehead atoms. The van der Waals surface area contributed by atoms with Gasteiger partial charge in [0.25, 0.3) is 0 Å². The average Bonchev–Trinajstić information content (AvgIpc) is 3.46. The molecule has 2 unspecified atom stereocenters. The maximum absolute atomic E-state index is 12.8. The smallest absolute Gasteiger partial charge is 0.357 e. The van der Waals surface area contributed by atoms with E-state index < -0.39 is 18.0 Å². The van der Waals surface area contributed by atoms with E-state index in [0.29, 0.717) is 55.1 Å². The summed E-state index contributed by atoms with van der Waals surface area (Å²) in [7, 11) is 1.71. The number of likely N-dealkylation sites (N-methyl/N-ethyl adjacent to an activating group) is 1.